The van der Waals surface area contributed by atoms with Gasteiger partial charge in [0.1, 0.15) is 5.70 Å². The number of alkyl halides is 3. The van der Waals surface area contributed by atoms with Crippen molar-refractivity contribution >= 4 is 28.8 Å². The van der Waals surface area contributed by atoms with Crippen molar-refractivity contribution in [3.63, 3.8) is 0 Å². The van der Waals surface area contributed by atoms with E-state index < -0.39 is 23.6 Å². The summed E-state index contributed by atoms with van der Waals surface area (Å²) >= 11 is 0. The van der Waals surface area contributed by atoms with E-state index in [0.717, 1.165) is 34.7 Å². The van der Waals surface area contributed by atoms with Gasteiger partial charge in [-0.15, -0.1) is 0 Å². The minimum absolute atomic E-state index is 0.0676. The molecule has 1 heterocycles. The van der Waals surface area contributed by atoms with Crippen molar-refractivity contribution in [3.05, 3.63) is 101 Å². The number of benzene rings is 3. The number of rotatable bonds is 4. The normalized spacial score (nSPS) is 14.4. The molecule has 4 nitrogen and oxygen atoms in total. The highest BCUT2D eigenvalue weighted by Crippen LogP contribution is 2.36. The first-order chi connectivity index (χ1) is 14.8. The summed E-state index contributed by atoms with van der Waals surface area (Å²) in [4.78, 5) is 27.4. The lowest BCUT2D eigenvalue weighted by Gasteiger charge is -2.16. The van der Waals surface area contributed by atoms with Crippen LogP contribution in [-0.4, -0.2) is 11.8 Å². The fraction of sp³-hybridized carbons (Fsp3) is 0.0833. The smallest absolute Gasteiger partial charge is 0.350 e. The number of para-hydroxylation sites is 1. The van der Waals surface area contributed by atoms with Gasteiger partial charge in [0.2, 0.25) is 0 Å². The van der Waals surface area contributed by atoms with Crippen LogP contribution in [0.4, 0.5) is 24.5 Å². The topological polar surface area (TPSA) is 49.4 Å². The summed E-state index contributed by atoms with van der Waals surface area (Å²) in [5.74, 6) is -1.24. The Balaban J connectivity index is 1.78. The van der Waals surface area contributed by atoms with Crippen LogP contribution < -0.4 is 10.2 Å². The third-order valence-corrected chi connectivity index (χ3v) is 5.00. The minimum atomic E-state index is -4.51. The van der Waals surface area contributed by atoms with E-state index in [2.05, 4.69) is 5.32 Å². The number of carbonyl (C=O) groups excluding carboxylic acids is 2. The van der Waals surface area contributed by atoms with Crippen molar-refractivity contribution in [1.82, 2.24) is 0 Å². The molecule has 0 saturated heterocycles. The predicted octanol–water partition coefficient (Wildman–Crippen LogP) is 5.41. The first kappa shape index (κ1) is 20.4. The van der Waals surface area contributed by atoms with Crippen LogP contribution in [0.3, 0.4) is 0 Å². The van der Waals surface area contributed by atoms with Gasteiger partial charge in [-0.3, -0.25) is 9.59 Å². The Labute approximate surface area is 176 Å². The average Bonchev–Trinajstić information content (AvgIpc) is 2.99. The zero-order chi connectivity index (χ0) is 22.2. The number of hydrogen-bond acceptors (Lipinski definition) is 3. The summed E-state index contributed by atoms with van der Waals surface area (Å²) in [5.41, 5.74) is 1.50. The summed E-state index contributed by atoms with van der Waals surface area (Å²) < 4.78 is 38.7. The fourth-order valence-corrected chi connectivity index (χ4v) is 3.40. The molecule has 1 aliphatic rings. The number of nitrogens with zero attached hydrogens (tertiary/aromatic N) is 1. The Morgan fingerprint density at radius 3 is 2.00 bits per heavy atom. The average molecular weight is 422 g/mol. The summed E-state index contributed by atoms with van der Waals surface area (Å²) in [6, 6.07) is 19.9. The molecule has 0 fully saturated rings. The van der Waals surface area contributed by atoms with Crippen LogP contribution in [0.2, 0.25) is 0 Å². The van der Waals surface area contributed by atoms with Crippen LogP contribution >= 0.6 is 0 Å². The van der Waals surface area contributed by atoms with E-state index in [-0.39, 0.29) is 17.0 Å². The number of amides is 2. The lowest BCUT2D eigenvalue weighted by atomic mass is 10.0. The Bertz CT molecular complexity index is 1180. The molecular weight excluding hydrogens is 405 g/mol. The summed E-state index contributed by atoms with van der Waals surface area (Å²) in [6.07, 6.45) is -4.51. The summed E-state index contributed by atoms with van der Waals surface area (Å²) in [7, 11) is 0. The number of carbonyl (C=O) groups is 2. The number of imide groups is 1. The van der Waals surface area contributed by atoms with Gasteiger partial charge in [0, 0.05) is 5.69 Å². The Hall–Kier alpha value is -3.87. The summed E-state index contributed by atoms with van der Waals surface area (Å²) in [6.45, 7) is 1.86. The van der Waals surface area contributed by atoms with E-state index in [4.69, 9.17) is 0 Å². The van der Waals surface area contributed by atoms with Crippen LogP contribution in [0.1, 0.15) is 16.7 Å². The maximum atomic E-state index is 13.3. The van der Waals surface area contributed by atoms with Gasteiger partial charge in [-0.25, -0.2) is 4.90 Å². The molecule has 0 aromatic heterocycles. The molecule has 2 amide bonds. The monoisotopic (exact) mass is 422 g/mol. The molecule has 3 aromatic rings. The number of halogens is 3. The van der Waals surface area contributed by atoms with E-state index in [9.17, 15) is 22.8 Å². The molecule has 4 rings (SSSR count). The zero-order valence-electron chi connectivity index (χ0n) is 16.4. The number of anilines is 2. The largest absolute Gasteiger partial charge is 0.416 e. The standard InChI is InChI=1S/C24H17F3N2O2/c1-15-7-5-6-10-19(15)28-21-20(16-8-3-2-4-9-16)22(30)29(23(21)31)18-13-11-17(12-14-18)24(25,26)27/h2-14,28H,1H3. The van der Waals surface area contributed by atoms with Gasteiger partial charge in [-0.05, 0) is 48.4 Å². The molecule has 0 radical (unpaired) electrons. The van der Waals surface area contributed by atoms with Gasteiger partial charge < -0.3 is 5.32 Å². The highest BCUT2D eigenvalue weighted by Gasteiger charge is 2.40. The third kappa shape index (κ3) is 3.82. The zero-order valence-corrected chi connectivity index (χ0v) is 16.4. The highest BCUT2D eigenvalue weighted by molar-refractivity contribution is 6.46. The van der Waals surface area contributed by atoms with Crippen LogP contribution in [0.25, 0.3) is 5.57 Å². The highest BCUT2D eigenvalue weighted by atomic mass is 19.4. The lowest BCUT2D eigenvalue weighted by molar-refractivity contribution is -0.137. The van der Waals surface area contributed by atoms with Gasteiger partial charge in [-0.2, -0.15) is 13.2 Å². The van der Waals surface area contributed by atoms with Crippen LogP contribution in [0.5, 0.6) is 0 Å². The first-order valence-corrected chi connectivity index (χ1v) is 9.46. The molecule has 0 spiro atoms. The van der Waals surface area contributed by atoms with Gasteiger partial charge in [-0.1, -0.05) is 48.5 Å². The molecule has 156 valence electrons. The van der Waals surface area contributed by atoms with Crippen molar-refractivity contribution in [2.75, 3.05) is 10.2 Å². The number of nitrogens with one attached hydrogen (secondary N) is 1. The van der Waals surface area contributed by atoms with E-state index >= 15 is 0 Å². The minimum Gasteiger partial charge on any atom is -0.350 e. The van der Waals surface area contributed by atoms with Crippen LogP contribution in [0, 0.1) is 6.92 Å². The molecule has 0 unspecified atom stereocenters. The van der Waals surface area contributed by atoms with Crippen LogP contribution in [-0.2, 0) is 15.8 Å². The van der Waals surface area contributed by atoms with Crippen molar-refractivity contribution in [2.24, 2.45) is 0 Å². The Morgan fingerprint density at radius 2 is 1.39 bits per heavy atom. The lowest BCUT2D eigenvalue weighted by Crippen LogP contribution is -2.32. The van der Waals surface area contributed by atoms with Crippen molar-refractivity contribution in [3.8, 4) is 0 Å². The molecule has 0 atom stereocenters. The Morgan fingerprint density at radius 1 is 0.774 bits per heavy atom. The molecule has 0 saturated carbocycles. The van der Waals surface area contributed by atoms with Gasteiger partial charge in [0.25, 0.3) is 11.8 Å². The molecule has 1 aliphatic heterocycles. The van der Waals surface area contributed by atoms with Gasteiger partial charge in [0.05, 0.1) is 16.8 Å². The second-order valence-corrected chi connectivity index (χ2v) is 7.05. The SMILES string of the molecule is Cc1ccccc1NC1=C(c2ccccc2)C(=O)N(c2ccc(C(F)(F)F)cc2)C1=O. The quantitative estimate of drug-likeness (QED) is 0.572. The second-order valence-electron chi connectivity index (χ2n) is 7.05. The summed E-state index contributed by atoms with van der Waals surface area (Å²) in [5, 5.41) is 3.06. The molecule has 0 aliphatic carbocycles. The molecular formula is C24H17F3N2O2. The number of hydrogen-bond donors (Lipinski definition) is 1. The third-order valence-electron chi connectivity index (χ3n) is 5.00. The first-order valence-electron chi connectivity index (χ1n) is 9.46. The molecule has 0 bridgehead atoms. The van der Waals surface area contributed by atoms with E-state index in [1.165, 1.54) is 0 Å². The van der Waals surface area contributed by atoms with Crippen molar-refractivity contribution in [1.29, 1.82) is 0 Å². The van der Waals surface area contributed by atoms with Crippen molar-refractivity contribution in [2.45, 2.75) is 13.1 Å². The maximum absolute atomic E-state index is 13.3. The molecule has 1 N–H and O–H groups in total. The second kappa shape index (κ2) is 7.75. The van der Waals surface area contributed by atoms with Crippen molar-refractivity contribution < 1.29 is 22.8 Å². The Kier molecular flexibility index (Phi) is 5.10. The fourth-order valence-electron chi connectivity index (χ4n) is 3.40. The van der Waals surface area contributed by atoms with E-state index in [1.807, 2.05) is 19.1 Å². The van der Waals surface area contributed by atoms with Gasteiger partial charge in [0.15, 0.2) is 0 Å². The van der Waals surface area contributed by atoms with Gasteiger partial charge >= 0.3 is 6.18 Å². The number of aryl methyl sites for hydroxylation is 1. The van der Waals surface area contributed by atoms with E-state index in [0.29, 0.717) is 11.3 Å². The van der Waals surface area contributed by atoms with Crippen LogP contribution in [0.15, 0.2) is 84.6 Å². The molecule has 7 heteroatoms. The predicted molar refractivity (Wildman–Crippen MR) is 112 cm³/mol. The molecule has 3 aromatic carbocycles. The maximum Gasteiger partial charge on any atom is 0.416 e. The van der Waals surface area contributed by atoms with E-state index in [1.54, 1.807) is 42.5 Å². The molecule has 31 heavy (non-hydrogen) atoms.